The maximum Gasteiger partial charge on any atom is 0.161 e. The van der Waals surface area contributed by atoms with Gasteiger partial charge < -0.3 is 19.5 Å². The van der Waals surface area contributed by atoms with E-state index in [9.17, 15) is 0 Å². The monoisotopic (exact) mass is 294 g/mol. The largest absolute Gasteiger partial charge is 0.490 e. The number of benzene rings is 1. The summed E-state index contributed by atoms with van der Waals surface area (Å²) in [6.07, 6.45) is 0. The molecule has 1 aliphatic rings. The van der Waals surface area contributed by atoms with E-state index in [1.54, 1.807) is 0 Å². The number of hydrogen-bond acceptors (Lipinski definition) is 5. The van der Waals surface area contributed by atoms with E-state index in [0.717, 1.165) is 50.8 Å². The lowest BCUT2D eigenvalue weighted by Gasteiger charge is -2.26. The Kier molecular flexibility index (Phi) is 7.35. The highest BCUT2D eigenvalue weighted by Crippen LogP contribution is 2.26. The summed E-state index contributed by atoms with van der Waals surface area (Å²) in [6, 6.07) is 7.74. The summed E-state index contributed by atoms with van der Waals surface area (Å²) in [5, 5.41) is 3.34. The molecule has 0 spiro atoms. The van der Waals surface area contributed by atoms with Gasteiger partial charge >= 0.3 is 0 Å². The second-order valence-electron chi connectivity index (χ2n) is 4.93. The molecule has 0 atom stereocenters. The lowest BCUT2D eigenvalue weighted by atomic mass is 10.3. The fourth-order valence-corrected chi connectivity index (χ4v) is 2.29. The molecule has 0 aromatic heterocycles. The van der Waals surface area contributed by atoms with Gasteiger partial charge in [-0.15, -0.1) is 0 Å². The van der Waals surface area contributed by atoms with Crippen LogP contribution in [-0.4, -0.2) is 64.1 Å². The molecule has 118 valence electrons. The highest BCUT2D eigenvalue weighted by atomic mass is 16.5. The van der Waals surface area contributed by atoms with Crippen LogP contribution in [0.1, 0.15) is 6.92 Å². The Morgan fingerprint density at radius 2 is 1.71 bits per heavy atom. The number of nitrogens with one attached hydrogen (secondary N) is 1. The molecule has 0 bridgehead atoms. The maximum absolute atomic E-state index is 5.71. The molecule has 0 aliphatic carbocycles. The molecule has 2 rings (SSSR count). The van der Waals surface area contributed by atoms with Crippen LogP contribution in [-0.2, 0) is 4.74 Å². The molecule has 0 radical (unpaired) electrons. The summed E-state index contributed by atoms with van der Waals surface area (Å²) in [7, 11) is 0. The molecular weight excluding hydrogens is 268 g/mol. The van der Waals surface area contributed by atoms with Crippen LogP contribution in [0.4, 0.5) is 0 Å². The Morgan fingerprint density at radius 3 is 2.43 bits per heavy atom. The summed E-state index contributed by atoms with van der Waals surface area (Å²) in [5.74, 6) is 1.57. The summed E-state index contributed by atoms with van der Waals surface area (Å²) < 4.78 is 16.9. The van der Waals surface area contributed by atoms with Gasteiger partial charge in [0, 0.05) is 32.7 Å². The van der Waals surface area contributed by atoms with Gasteiger partial charge in [-0.2, -0.15) is 0 Å². The first-order valence-electron chi connectivity index (χ1n) is 7.75. The zero-order chi connectivity index (χ0) is 14.8. The van der Waals surface area contributed by atoms with Gasteiger partial charge in [-0.05, 0) is 19.1 Å². The molecule has 1 aromatic rings. The Bertz CT molecular complexity index is 395. The zero-order valence-corrected chi connectivity index (χ0v) is 12.8. The van der Waals surface area contributed by atoms with Crippen molar-refractivity contribution in [3.63, 3.8) is 0 Å². The van der Waals surface area contributed by atoms with Crippen molar-refractivity contribution in [2.45, 2.75) is 6.92 Å². The van der Waals surface area contributed by atoms with Crippen LogP contribution in [0, 0.1) is 0 Å². The third-order valence-corrected chi connectivity index (χ3v) is 3.40. The second kappa shape index (κ2) is 9.60. The number of hydrogen-bond donors (Lipinski definition) is 1. The number of ether oxygens (including phenoxy) is 3. The third-order valence-electron chi connectivity index (χ3n) is 3.40. The first-order chi connectivity index (χ1) is 10.4. The lowest BCUT2D eigenvalue weighted by molar-refractivity contribution is 0.0759. The normalized spacial score (nSPS) is 15.9. The first-order valence-corrected chi connectivity index (χ1v) is 7.75. The summed E-state index contributed by atoms with van der Waals surface area (Å²) in [5.41, 5.74) is 0. The van der Waals surface area contributed by atoms with E-state index >= 15 is 0 Å². The van der Waals surface area contributed by atoms with E-state index < -0.39 is 0 Å². The number of rotatable bonds is 9. The van der Waals surface area contributed by atoms with Gasteiger partial charge in [0.25, 0.3) is 0 Å². The minimum Gasteiger partial charge on any atom is -0.490 e. The minimum absolute atomic E-state index is 0.547. The Hall–Kier alpha value is -1.30. The molecular formula is C16H26N2O3. The molecule has 5 heteroatoms. The molecule has 1 heterocycles. The molecule has 1 aromatic carbocycles. The van der Waals surface area contributed by atoms with E-state index in [-0.39, 0.29) is 0 Å². The second-order valence-corrected chi connectivity index (χ2v) is 4.93. The molecule has 0 saturated carbocycles. The van der Waals surface area contributed by atoms with Gasteiger partial charge in [0.2, 0.25) is 0 Å². The average Bonchev–Trinajstić information content (AvgIpc) is 2.53. The molecule has 5 nitrogen and oxygen atoms in total. The molecule has 0 unspecified atom stereocenters. The molecule has 1 fully saturated rings. The summed E-state index contributed by atoms with van der Waals surface area (Å²) >= 11 is 0. The third kappa shape index (κ3) is 5.91. The van der Waals surface area contributed by atoms with Crippen LogP contribution >= 0.6 is 0 Å². The van der Waals surface area contributed by atoms with Crippen molar-refractivity contribution in [2.24, 2.45) is 0 Å². The van der Waals surface area contributed by atoms with Crippen LogP contribution in [0.25, 0.3) is 0 Å². The summed E-state index contributed by atoms with van der Waals surface area (Å²) in [6.45, 7) is 9.90. The Balaban J connectivity index is 1.57. The van der Waals surface area contributed by atoms with E-state index in [4.69, 9.17) is 14.2 Å². The fourth-order valence-electron chi connectivity index (χ4n) is 2.29. The summed E-state index contributed by atoms with van der Waals surface area (Å²) in [4.78, 5) is 2.42. The van der Waals surface area contributed by atoms with Crippen LogP contribution in [0.15, 0.2) is 24.3 Å². The number of para-hydroxylation sites is 2. The van der Waals surface area contributed by atoms with Gasteiger partial charge in [-0.3, -0.25) is 4.90 Å². The van der Waals surface area contributed by atoms with Crippen molar-refractivity contribution in [3.8, 4) is 11.5 Å². The van der Waals surface area contributed by atoms with Gasteiger partial charge in [-0.1, -0.05) is 12.1 Å². The van der Waals surface area contributed by atoms with Crippen molar-refractivity contribution in [2.75, 3.05) is 59.2 Å². The van der Waals surface area contributed by atoms with Crippen LogP contribution in [0.3, 0.4) is 0 Å². The van der Waals surface area contributed by atoms with E-state index in [2.05, 4.69) is 10.2 Å². The average molecular weight is 294 g/mol. The topological polar surface area (TPSA) is 43.0 Å². The SMILES string of the molecule is CCOc1ccccc1OCCOCCN1CCNCC1. The van der Waals surface area contributed by atoms with Crippen LogP contribution in [0.5, 0.6) is 11.5 Å². The maximum atomic E-state index is 5.71. The zero-order valence-electron chi connectivity index (χ0n) is 12.8. The molecule has 1 saturated heterocycles. The molecule has 1 aliphatic heterocycles. The lowest BCUT2D eigenvalue weighted by Crippen LogP contribution is -2.44. The van der Waals surface area contributed by atoms with Gasteiger partial charge in [0.05, 0.1) is 19.8 Å². The standard InChI is InChI=1S/C16H26N2O3/c1-2-20-15-5-3-4-6-16(15)21-14-13-19-12-11-18-9-7-17-8-10-18/h3-6,17H,2,7-14H2,1H3. The van der Waals surface area contributed by atoms with E-state index in [1.807, 2.05) is 31.2 Å². The van der Waals surface area contributed by atoms with Crippen molar-refractivity contribution < 1.29 is 14.2 Å². The number of nitrogens with zero attached hydrogens (tertiary/aromatic N) is 1. The number of piperazine rings is 1. The van der Waals surface area contributed by atoms with Crippen LogP contribution < -0.4 is 14.8 Å². The van der Waals surface area contributed by atoms with Crippen molar-refractivity contribution in [1.82, 2.24) is 10.2 Å². The van der Waals surface area contributed by atoms with Gasteiger partial charge in [0.15, 0.2) is 11.5 Å². The van der Waals surface area contributed by atoms with Crippen molar-refractivity contribution in [1.29, 1.82) is 0 Å². The Morgan fingerprint density at radius 1 is 1.00 bits per heavy atom. The quantitative estimate of drug-likeness (QED) is 0.697. The fraction of sp³-hybridized carbons (Fsp3) is 0.625. The van der Waals surface area contributed by atoms with Crippen molar-refractivity contribution in [3.05, 3.63) is 24.3 Å². The predicted octanol–water partition coefficient (Wildman–Crippen LogP) is 1.39. The van der Waals surface area contributed by atoms with Crippen LogP contribution in [0.2, 0.25) is 0 Å². The van der Waals surface area contributed by atoms with Gasteiger partial charge in [0.1, 0.15) is 6.61 Å². The molecule has 1 N–H and O–H groups in total. The van der Waals surface area contributed by atoms with Gasteiger partial charge in [-0.25, -0.2) is 0 Å². The highest BCUT2D eigenvalue weighted by Gasteiger charge is 2.08. The smallest absolute Gasteiger partial charge is 0.161 e. The van der Waals surface area contributed by atoms with E-state index in [0.29, 0.717) is 19.8 Å². The molecule has 0 amide bonds. The predicted molar refractivity (Wildman–Crippen MR) is 83.2 cm³/mol. The highest BCUT2D eigenvalue weighted by molar-refractivity contribution is 5.39. The minimum atomic E-state index is 0.547. The first kappa shape index (κ1) is 16.1. The van der Waals surface area contributed by atoms with E-state index in [1.165, 1.54) is 0 Å². The van der Waals surface area contributed by atoms with Crippen molar-refractivity contribution >= 4 is 0 Å². The molecule has 21 heavy (non-hydrogen) atoms. The Labute approximate surface area is 127 Å².